The number of hydrogen-bond donors (Lipinski definition) is 0. The van der Waals surface area contributed by atoms with Crippen molar-refractivity contribution in [3.05, 3.63) is 70.2 Å². The van der Waals surface area contributed by atoms with Crippen molar-refractivity contribution in [1.82, 2.24) is 19.7 Å². The van der Waals surface area contributed by atoms with Crippen molar-refractivity contribution in [2.45, 2.75) is 31.3 Å². The predicted molar refractivity (Wildman–Crippen MR) is 118 cm³/mol. The molecule has 2 heterocycles. The zero-order valence-corrected chi connectivity index (χ0v) is 18.0. The van der Waals surface area contributed by atoms with E-state index >= 15 is 0 Å². The third-order valence-corrected chi connectivity index (χ3v) is 6.60. The Morgan fingerprint density at radius 1 is 1.07 bits per heavy atom. The molecule has 0 aliphatic carbocycles. The molecule has 0 unspecified atom stereocenters. The Morgan fingerprint density at radius 2 is 1.86 bits per heavy atom. The van der Waals surface area contributed by atoms with Gasteiger partial charge in [0.15, 0.2) is 11.0 Å². The average Bonchev–Trinajstić information content (AvgIpc) is 3.34. The fourth-order valence-electron chi connectivity index (χ4n) is 2.87. The monoisotopic (exact) mass is 426 g/mol. The van der Waals surface area contributed by atoms with Gasteiger partial charge in [0, 0.05) is 28.8 Å². The highest BCUT2D eigenvalue weighted by molar-refractivity contribution is 7.98. The van der Waals surface area contributed by atoms with E-state index in [-0.39, 0.29) is 0 Å². The molecule has 0 spiro atoms. The zero-order valence-electron chi connectivity index (χ0n) is 15.6. The maximum absolute atomic E-state index is 6.29. The minimum Gasteiger partial charge on any atom is -0.302 e. The van der Waals surface area contributed by atoms with Crippen LogP contribution in [0.25, 0.3) is 22.0 Å². The number of aryl methyl sites for hydroxylation is 1. The lowest BCUT2D eigenvalue weighted by Gasteiger charge is -2.07. The van der Waals surface area contributed by atoms with Gasteiger partial charge in [0.1, 0.15) is 5.01 Å². The van der Waals surface area contributed by atoms with Crippen LogP contribution < -0.4 is 0 Å². The maximum atomic E-state index is 6.29. The molecule has 2 aromatic heterocycles. The van der Waals surface area contributed by atoms with E-state index in [0.717, 1.165) is 50.1 Å². The number of thiazole rings is 1. The summed E-state index contributed by atoms with van der Waals surface area (Å²) in [5, 5.41) is 13.5. The van der Waals surface area contributed by atoms with Gasteiger partial charge in [0.2, 0.25) is 0 Å². The number of thioether (sulfide) groups is 1. The van der Waals surface area contributed by atoms with Gasteiger partial charge in [-0.05, 0) is 19.9 Å². The number of aromatic nitrogens is 4. The summed E-state index contributed by atoms with van der Waals surface area (Å²) < 4.78 is 2.15. The van der Waals surface area contributed by atoms with Crippen LogP contribution in [0.4, 0.5) is 0 Å². The number of halogens is 1. The minimum atomic E-state index is 0.726. The van der Waals surface area contributed by atoms with Gasteiger partial charge >= 0.3 is 0 Å². The summed E-state index contributed by atoms with van der Waals surface area (Å²) in [5.41, 5.74) is 4.32. The first-order valence-electron chi connectivity index (χ1n) is 8.98. The lowest BCUT2D eigenvalue weighted by Crippen LogP contribution is -2.00. The molecule has 142 valence electrons. The molecular formula is C21H19ClN4S2. The van der Waals surface area contributed by atoms with Crippen molar-refractivity contribution >= 4 is 34.7 Å². The molecule has 0 aliphatic rings. The molecular weight excluding hydrogens is 408 g/mol. The summed E-state index contributed by atoms with van der Waals surface area (Å²) in [4.78, 5) is 4.74. The molecule has 0 saturated heterocycles. The van der Waals surface area contributed by atoms with Crippen molar-refractivity contribution in [2.24, 2.45) is 0 Å². The second-order valence-corrected chi connectivity index (χ2v) is 8.54. The van der Waals surface area contributed by atoms with Gasteiger partial charge in [-0.15, -0.1) is 21.5 Å². The van der Waals surface area contributed by atoms with Gasteiger partial charge in [0.25, 0.3) is 0 Å². The zero-order chi connectivity index (χ0) is 19.5. The smallest absolute Gasteiger partial charge is 0.191 e. The molecule has 0 bridgehead atoms. The standard InChI is InChI=1S/C21H19ClN4S2/c1-3-26-19(15-10-8-14(2)9-11-15)24-25-21(26)28-13-16-12-27-20(23-16)17-6-4-5-7-18(17)22/h4-12H,3,13H2,1-2H3. The highest BCUT2D eigenvalue weighted by Gasteiger charge is 2.14. The summed E-state index contributed by atoms with van der Waals surface area (Å²) in [6.07, 6.45) is 0. The van der Waals surface area contributed by atoms with Crippen LogP contribution in [0.5, 0.6) is 0 Å². The van der Waals surface area contributed by atoms with Gasteiger partial charge in [-0.3, -0.25) is 0 Å². The number of hydrogen-bond acceptors (Lipinski definition) is 5. The van der Waals surface area contributed by atoms with Gasteiger partial charge in [-0.25, -0.2) is 4.98 Å². The number of nitrogens with zero attached hydrogens (tertiary/aromatic N) is 4. The fraction of sp³-hybridized carbons (Fsp3) is 0.190. The molecule has 4 nitrogen and oxygen atoms in total. The number of benzene rings is 2. The summed E-state index contributed by atoms with van der Waals surface area (Å²) in [6.45, 7) is 5.02. The average molecular weight is 427 g/mol. The van der Waals surface area contributed by atoms with E-state index in [1.807, 2.05) is 24.3 Å². The lowest BCUT2D eigenvalue weighted by atomic mass is 10.1. The number of rotatable bonds is 6. The van der Waals surface area contributed by atoms with Crippen LogP contribution in [0.1, 0.15) is 18.2 Å². The Balaban J connectivity index is 1.51. The van der Waals surface area contributed by atoms with Crippen molar-refractivity contribution in [1.29, 1.82) is 0 Å². The summed E-state index contributed by atoms with van der Waals surface area (Å²) in [5.74, 6) is 1.65. The largest absolute Gasteiger partial charge is 0.302 e. The minimum absolute atomic E-state index is 0.726. The first-order chi connectivity index (χ1) is 13.7. The van der Waals surface area contributed by atoms with Crippen molar-refractivity contribution < 1.29 is 0 Å². The molecule has 0 aliphatic heterocycles. The van der Waals surface area contributed by atoms with Crippen molar-refractivity contribution in [2.75, 3.05) is 0 Å². The highest BCUT2D eigenvalue weighted by atomic mass is 35.5. The lowest BCUT2D eigenvalue weighted by molar-refractivity contribution is 0.687. The van der Waals surface area contributed by atoms with Gasteiger partial charge in [-0.2, -0.15) is 0 Å². The van der Waals surface area contributed by atoms with Crippen LogP contribution in [-0.4, -0.2) is 19.7 Å². The predicted octanol–water partition coefficient (Wildman–Crippen LogP) is 6.34. The second kappa shape index (κ2) is 8.47. The van der Waals surface area contributed by atoms with E-state index in [9.17, 15) is 0 Å². The molecule has 7 heteroatoms. The maximum Gasteiger partial charge on any atom is 0.191 e. The second-order valence-electron chi connectivity index (χ2n) is 6.33. The van der Waals surface area contributed by atoms with Gasteiger partial charge in [-0.1, -0.05) is 71.4 Å². The van der Waals surface area contributed by atoms with E-state index in [0.29, 0.717) is 0 Å². The van der Waals surface area contributed by atoms with Crippen molar-refractivity contribution in [3.8, 4) is 22.0 Å². The summed E-state index contributed by atoms with van der Waals surface area (Å²) >= 11 is 9.56. The highest BCUT2D eigenvalue weighted by Crippen LogP contribution is 2.32. The summed E-state index contributed by atoms with van der Waals surface area (Å²) in [6, 6.07) is 16.2. The van der Waals surface area contributed by atoms with E-state index in [2.05, 4.69) is 58.3 Å². The molecule has 28 heavy (non-hydrogen) atoms. The van der Waals surface area contributed by atoms with Crippen LogP contribution in [0, 0.1) is 6.92 Å². The van der Waals surface area contributed by atoms with E-state index in [1.165, 1.54) is 5.56 Å². The van der Waals surface area contributed by atoms with E-state index in [4.69, 9.17) is 16.6 Å². The topological polar surface area (TPSA) is 43.6 Å². The molecule has 0 radical (unpaired) electrons. The van der Waals surface area contributed by atoms with Gasteiger partial charge in [0.05, 0.1) is 10.7 Å². The molecule has 0 saturated carbocycles. The molecule has 0 amide bonds. The Kier molecular flexibility index (Phi) is 5.80. The van der Waals surface area contributed by atoms with E-state index < -0.39 is 0 Å². The van der Waals surface area contributed by atoms with Crippen LogP contribution in [0.2, 0.25) is 5.02 Å². The first-order valence-corrected chi connectivity index (χ1v) is 11.2. The van der Waals surface area contributed by atoms with Crippen LogP contribution in [0.3, 0.4) is 0 Å². The van der Waals surface area contributed by atoms with Gasteiger partial charge < -0.3 is 4.57 Å². The SMILES string of the molecule is CCn1c(SCc2csc(-c3ccccc3Cl)n2)nnc1-c1ccc(C)cc1. The molecule has 2 aromatic carbocycles. The fourth-order valence-corrected chi connectivity index (χ4v) is 5.01. The van der Waals surface area contributed by atoms with E-state index in [1.54, 1.807) is 23.1 Å². The Hall–Kier alpha value is -2.15. The molecule has 0 N–H and O–H groups in total. The Labute approximate surface area is 177 Å². The normalized spacial score (nSPS) is 11.1. The molecule has 4 aromatic rings. The molecule has 4 rings (SSSR count). The van der Waals surface area contributed by atoms with Crippen LogP contribution >= 0.6 is 34.7 Å². The molecule has 0 fully saturated rings. The first kappa shape index (κ1) is 19.2. The third-order valence-electron chi connectivity index (χ3n) is 4.35. The summed E-state index contributed by atoms with van der Waals surface area (Å²) in [7, 11) is 0. The van der Waals surface area contributed by atoms with Crippen LogP contribution in [-0.2, 0) is 12.3 Å². The molecule has 0 atom stereocenters. The third kappa shape index (κ3) is 3.99. The van der Waals surface area contributed by atoms with Crippen molar-refractivity contribution in [3.63, 3.8) is 0 Å². The van der Waals surface area contributed by atoms with Crippen LogP contribution in [0.15, 0.2) is 59.1 Å². The Morgan fingerprint density at radius 3 is 2.61 bits per heavy atom. The quantitative estimate of drug-likeness (QED) is 0.337. The Bertz CT molecular complexity index is 1090.